The minimum Gasteiger partial charge on any atom is -0.406 e. The van der Waals surface area contributed by atoms with Crippen LogP contribution in [0.1, 0.15) is 21.7 Å². The molecule has 0 aliphatic carbocycles. The van der Waals surface area contributed by atoms with Crippen LogP contribution in [0.5, 0.6) is 5.75 Å². The van der Waals surface area contributed by atoms with Crippen LogP contribution in [0.2, 0.25) is 0 Å². The highest BCUT2D eigenvalue weighted by Gasteiger charge is 2.34. The van der Waals surface area contributed by atoms with Gasteiger partial charge in [-0.25, -0.2) is 9.97 Å². The van der Waals surface area contributed by atoms with E-state index in [-0.39, 0.29) is 28.8 Å². The minimum absolute atomic E-state index is 0.0751. The summed E-state index contributed by atoms with van der Waals surface area (Å²) in [7, 11) is 0. The zero-order valence-electron chi connectivity index (χ0n) is 19.8. The van der Waals surface area contributed by atoms with Crippen LogP contribution >= 0.6 is 0 Å². The number of pyridine rings is 2. The van der Waals surface area contributed by atoms with E-state index in [0.717, 1.165) is 18.2 Å². The number of halogens is 6. The summed E-state index contributed by atoms with van der Waals surface area (Å²) in [6.45, 7) is 0.589. The van der Waals surface area contributed by atoms with Gasteiger partial charge in [-0.3, -0.25) is 4.79 Å². The Bertz CT molecular complexity index is 1510. The molecule has 14 heteroatoms. The number of aromatic nitrogens is 3. The van der Waals surface area contributed by atoms with Gasteiger partial charge >= 0.3 is 12.5 Å². The molecule has 39 heavy (non-hydrogen) atoms. The normalized spacial score (nSPS) is 14.4. The Balaban J connectivity index is 1.48. The number of ether oxygens (including phenoxy) is 1. The SMILES string of the molecule is O=C(Nc1ccc(N2CC(O)C2)nc1)c1cc2ccc(C(F)(F)F)nc2n1Cc1cccc(OC(F)(F)F)c1. The average molecular weight is 551 g/mol. The fourth-order valence-corrected chi connectivity index (χ4v) is 4.14. The summed E-state index contributed by atoms with van der Waals surface area (Å²) in [6.07, 6.45) is -8.73. The van der Waals surface area contributed by atoms with Crippen LogP contribution in [-0.4, -0.2) is 51.1 Å². The Morgan fingerprint density at radius 3 is 2.46 bits per heavy atom. The van der Waals surface area contributed by atoms with Crippen molar-refractivity contribution in [1.29, 1.82) is 0 Å². The molecule has 8 nitrogen and oxygen atoms in total. The minimum atomic E-state index is -4.94. The second kappa shape index (κ2) is 9.76. The van der Waals surface area contributed by atoms with E-state index in [1.165, 1.54) is 35.0 Å². The van der Waals surface area contributed by atoms with Crippen molar-refractivity contribution in [1.82, 2.24) is 14.5 Å². The number of carbonyl (C=O) groups is 1. The van der Waals surface area contributed by atoms with Crippen molar-refractivity contribution in [2.24, 2.45) is 0 Å². The molecule has 1 aliphatic heterocycles. The average Bonchev–Trinajstić information content (AvgIpc) is 3.19. The van der Waals surface area contributed by atoms with E-state index in [4.69, 9.17) is 0 Å². The molecular formula is C25H19F6N5O3. The molecule has 0 spiro atoms. The van der Waals surface area contributed by atoms with E-state index in [2.05, 4.69) is 20.0 Å². The molecule has 0 saturated carbocycles. The number of benzene rings is 1. The third-order valence-corrected chi connectivity index (χ3v) is 5.93. The molecule has 4 aromatic rings. The predicted molar refractivity (Wildman–Crippen MR) is 127 cm³/mol. The van der Waals surface area contributed by atoms with Gasteiger partial charge in [-0.05, 0) is 48.0 Å². The van der Waals surface area contributed by atoms with Crippen LogP contribution in [-0.2, 0) is 12.7 Å². The van der Waals surface area contributed by atoms with Gasteiger partial charge in [-0.1, -0.05) is 12.1 Å². The number of fused-ring (bicyclic) bond motifs is 1. The maximum Gasteiger partial charge on any atom is 0.573 e. The number of alkyl halides is 6. The van der Waals surface area contributed by atoms with Gasteiger partial charge < -0.3 is 24.6 Å². The van der Waals surface area contributed by atoms with E-state index in [9.17, 15) is 36.2 Å². The fraction of sp³-hybridized carbons (Fsp3) is 0.240. The van der Waals surface area contributed by atoms with Gasteiger partial charge in [-0.2, -0.15) is 13.2 Å². The molecule has 0 unspecified atom stereocenters. The monoisotopic (exact) mass is 551 g/mol. The maximum absolute atomic E-state index is 13.4. The Morgan fingerprint density at radius 1 is 1.05 bits per heavy atom. The highest BCUT2D eigenvalue weighted by atomic mass is 19.4. The van der Waals surface area contributed by atoms with Crippen LogP contribution in [0.3, 0.4) is 0 Å². The molecule has 4 heterocycles. The number of carbonyl (C=O) groups excluding carboxylic acids is 1. The van der Waals surface area contributed by atoms with Crippen molar-refractivity contribution >= 4 is 28.4 Å². The van der Waals surface area contributed by atoms with Crippen LogP contribution in [0.25, 0.3) is 11.0 Å². The summed E-state index contributed by atoms with van der Waals surface area (Å²) < 4.78 is 83.3. The van der Waals surface area contributed by atoms with E-state index in [0.29, 0.717) is 24.6 Å². The molecule has 1 saturated heterocycles. The molecule has 5 rings (SSSR count). The molecular weight excluding hydrogens is 532 g/mol. The number of rotatable bonds is 6. The maximum atomic E-state index is 13.4. The van der Waals surface area contributed by atoms with Crippen molar-refractivity contribution in [2.45, 2.75) is 25.2 Å². The van der Waals surface area contributed by atoms with E-state index >= 15 is 0 Å². The van der Waals surface area contributed by atoms with E-state index in [1.54, 1.807) is 12.1 Å². The Labute approximate surface area is 216 Å². The van der Waals surface area contributed by atoms with Gasteiger partial charge in [0.25, 0.3) is 5.91 Å². The molecule has 1 amide bonds. The number of nitrogens with one attached hydrogen (secondary N) is 1. The molecule has 2 N–H and O–H groups in total. The zero-order valence-corrected chi connectivity index (χ0v) is 19.8. The third-order valence-electron chi connectivity index (χ3n) is 5.93. The van der Waals surface area contributed by atoms with Crippen molar-refractivity contribution in [3.05, 3.63) is 77.7 Å². The topological polar surface area (TPSA) is 92.5 Å². The number of aliphatic hydroxyl groups is 1. The van der Waals surface area contributed by atoms with Gasteiger partial charge in [-0.15, -0.1) is 13.2 Å². The second-order valence-electron chi connectivity index (χ2n) is 8.84. The summed E-state index contributed by atoms with van der Waals surface area (Å²) >= 11 is 0. The smallest absolute Gasteiger partial charge is 0.406 e. The molecule has 0 bridgehead atoms. The first-order valence-electron chi connectivity index (χ1n) is 11.5. The summed E-state index contributed by atoms with van der Waals surface area (Å²) in [5.41, 5.74) is -0.918. The number of hydrogen-bond acceptors (Lipinski definition) is 6. The number of hydrogen-bond donors (Lipinski definition) is 2. The van der Waals surface area contributed by atoms with Gasteiger partial charge in [0.05, 0.1) is 18.0 Å². The first kappa shape index (κ1) is 26.3. The first-order valence-corrected chi connectivity index (χ1v) is 11.5. The van der Waals surface area contributed by atoms with Crippen molar-refractivity contribution in [2.75, 3.05) is 23.3 Å². The number of amides is 1. The standard InChI is InChI=1S/C25H19F6N5O3/c26-24(27,28)20-6-4-15-9-19(23(38)33-16-5-7-21(32-10-16)35-12-17(37)13-35)36(22(15)34-20)11-14-2-1-3-18(8-14)39-25(29,30)31/h1-10,17,37H,11-13H2,(H,33,38). The van der Waals surface area contributed by atoms with Gasteiger partial charge in [0.1, 0.15) is 28.6 Å². The van der Waals surface area contributed by atoms with E-state index < -0.39 is 36.0 Å². The van der Waals surface area contributed by atoms with E-state index in [1.807, 2.05) is 4.90 Å². The molecule has 0 radical (unpaired) electrons. The van der Waals surface area contributed by atoms with Crippen molar-refractivity contribution in [3.63, 3.8) is 0 Å². The second-order valence-corrected chi connectivity index (χ2v) is 8.84. The Hall–Kier alpha value is -4.33. The number of aliphatic hydroxyl groups excluding tert-OH is 1. The lowest BCUT2D eigenvalue weighted by atomic mass is 10.2. The third kappa shape index (κ3) is 5.90. The lowest BCUT2D eigenvalue weighted by molar-refractivity contribution is -0.274. The molecule has 1 aliphatic rings. The first-order chi connectivity index (χ1) is 18.4. The molecule has 0 atom stereocenters. The van der Waals surface area contributed by atoms with Crippen LogP contribution in [0, 0.1) is 0 Å². The fourth-order valence-electron chi connectivity index (χ4n) is 4.14. The summed E-state index contributed by atoms with van der Waals surface area (Å²) in [4.78, 5) is 23.0. The lowest BCUT2D eigenvalue weighted by Gasteiger charge is -2.36. The zero-order chi connectivity index (χ0) is 27.9. The Kier molecular flexibility index (Phi) is 6.58. The summed E-state index contributed by atoms with van der Waals surface area (Å²) in [5.74, 6) is -0.622. The molecule has 204 valence electrons. The van der Waals surface area contributed by atoms with Gasteiger partial charge in [0.15, 0.2) is 0 Å². The molecule has 3 aromatic heterocycles. The van der Waals surface area contributed by atoms with Crippen LogP contribution < -0.4 is 15.0 Å². The summed E-state index contributed by atoms with van der Waals surface area (Å²) in [5, 5.41) is 12.3. The number of anilines is 2. The van der Waals surface area contributed by atoms with Crippen molar-refractivity contribution < 1.29 is 41.0 Å². The Morgan fingerprint density at radius 2 is 1.82 bits per heavy atom. The number of nitrogens with zero attached hydrogens (tertiary/aromatic N) is 4. The largest absolute Gasteiger partial charge is 0.573 e. The lowest BCUT2D eigenvalue weighted by Crippen LogP contribution is -2.51. The van der Waals surface area contributed by atoms with Crippen molar-refractivity contribution in [3.8, 4) is 5.75 Å². The highest BCUT2D eigenvalue weighted by molar-refractivity contribution is 6.06. The van der Waals surface area contributed by atoms with Crippen LogP contribution in [0.15, 0.2) is 60.8 Å². The molecule has 1 aromatic carbocycles. The van der Waals surface area contributed by atoms with Gasteiger partial charge in [0.2, 0.25) is 0 Å². The number of β-amino-alcohol motifs (C(OH)–C–C–N with tert-alkyl or cyclic N) is 1. The predicted octanol–water partition coefficient (Wildman–Crippen LogP) is 4.83. The van der Waals surface area contributed by atoms with Crippen LogP contribution in [0.4, 0.5) is 37.8 Å². The quantitative estimate of drug-likeness (QED) is 0.334. The summed E-state index contributed by atoms with van der Waals surface area (Å²) in [6, 6.07) is 11.4. The highest BCUT2D eigenvalue weighted by Crippen LogP contribution is 2.31. The molecule has 1 fully saturated rings. The van der Waals surface area contributed by atoms with Gasteiger partial charge in [0, 0.05) is 25.0 Å².